The molecule has 0 saturated heterocycles. The van der Waals surface area contributed by atoms with Gasteiger partial charge in [0.25, 0.3) is 5.56 Å². The molecule has 0 aliphatic carbocycles. The lowest BCUT2D eigenvalue weighted by Gasteiger charge is -2.23. The highest BCUT2D eigenvalue weighted by molar-refractivity contribution is 6.03. The molecule has 2 aromatic carbocycles. The smallest absolute Gasteiger partial charge is 0.263 e. The molecule has 0 unspecified atom stereocenters. The first-order chi connectivity index (χ1) is 13.2. The fourth-order valence-corrected chi connectivity index (χ4v) is 3.27. The number of aromatic nitrogens is 3. The second-order valence-electron chi connectivity index (χ2n) is 6.19. The van der Waals surface area contributed by atoms with Crippen LogP contribution in [0.15, 0.2) is 71.9 Å². The molecule has 6 nitrogen and oxygen atoms in total. The maximum atomic E-state index is 13.0. The van der Waals surface area contributed by atoms with Crippen LogP contribution >= 0.6 is 0 Å². The summed E-state index contributed by atoms with van der Waals surface area (Å²) in [6.45, 7) is 2.35. The number of anilines is 1. The van der Waals surface area contributed by atoms with Gasteiger partial charge >= 0.3 is 0 Å². The van der Waals surface area contributed by atoms with Crippen molar-refractivity contribution < 1.29 is 4.79 Å². The number of carbonyl (C=O) groups is 1. The van der Waals surface area contributed by atoms with Crippen molar-refractivity contribution in [1.29, 1.82) is 0 Å². The molecule has 1 amide bonds. The lowest BCUT2D eigenvalue weighted by atomic mass is 10.1. The van der Waals surface area contributed by atoms with Crippen molar-refractivity contribution in [3.05, 3.63) is 77.5 Å². The summed E-state index contributed by atoms with van der Waals surface area (Å²) in [5, 5.41) is 2.47. The molecular formula is C21H18N4O2. The Hall–Kier alpha value is -3.54. The highest BCUT2D eigenvalue weighted by atomic mass is 16.2. The number of fused-ring (bicyclic) bond motifs is 2. The zero-order chi connectivity index (χ0) is 18.8. The van der Waals surface area contributed by atoms with Crippen LogP contribution in [0.1, 0.15) is 6.92 Å². The van der Waals surface area contributed by atoms with Crippen LogP contribution in [-0.2, 0) is 11.3 Å². The van der Waals surface area contributed by atoms with E-state index in [1.165, 1.54) is 10.9 Å². The maximum absolute atomic E-state index is 13.0. The monoisotopic (exact) mass is 358 g/mol. The molecule has 0 spiro atoms. The van der Waals surface area contributed by atoms with E-state index in [1.54, 1.807) is 23.2 Å². The Morgan fingerprint density at radius 1 is 1.00 bits per heavy atom. The van der Waals surface area contributed by atoms with Gasteiger partial charge in [0.2, 0.25) is 5.91 Å². The largest absolute Gasteiger partial charge is 0.311 e. The molecule has 0 aliphatic rings. The fourth-order valence-electron chi connectivity index (χ4n) is 3.27. The van der Waals surface area contributed by atoms with Gasteiger partial charge in [0, 0.05) is 18.1 Å². The van der Waals surface area contributed by atoms with Gasteiger partial charge in [-0.15, -0.1) is 0 Å². The zero-order valence-electron chi connectivity index (χ0n) is 14.9. The van der Waals surface area contributed by atoms with E-state index in [9.17, 15) is 9.59 Å². The molecule has 2 heterocycles. The molecule has 0 fully saturated rings. The summed E-state index contributed by atoms with van der Waals surface area (Å²) in [4.78, 5) is 35.6. The van der Waals surface area contributed by atoms with Crippen molar-refractivity contribution in [3.8, 4) is 0 Å². The number of hydrogen-bond donors (Lipinski definition) is 0. The van der Waals surface area contributed by atoms with E-state index >= 15 is 0 Å². The topological polar surface area (TPSA) is 68.1 Å². The number of carbonyl (C=O) groups excluding carboxylic acids is 1. The summed E-state index contributed by atoms with van der Waals surface area (Å²) in [6.07, 6.45) is 2.97. The number of amides is 1. The van der Waals surface area contributed by atoms with Crippen molar-refractivity contribution in [2.24, 2.45) is 0 Å². The summed E-state index contributed by atoms with van der Waals surface area (Å²) in [5.41, 5.74) is 0.951. The maximum Gasteiger partial charge on any atom is 0.263 e. The Bertz CT molecular complexity index is 1190. The lowest BCUT2D eigenvalue weighted by molar-refractivity contribution is -0.119. The second kappa shape index (κ2) is 6.99. The normalized spacial score (nSPS) is 11.0. The summed E-state index contributed by atoms with van der Waals surface area (Å²) in [5.74, 6) is -0.166. The minimum absolute atomic E-state index is 0.0757. The number of nitrogens with zero attached hydrogens (tertiary/aromatic N) is 4. The first-order valence-electron chi connectivity index (χ1n) is 8.77. The quantitative estimate of drug-likeness (QED) is 0.562. The molecule has 0 radical (unpaired) electrons. The Balaban J connectivity index is 1.71. The first kappa shape index (κ1) is 16.9. The highest BCUT2D eigenvalue weighted by Gasteiger charge is 2.18. The Kier molecular flexibility index (Phi) is 4.38. The zero-order valence-corrected chi connectivity index (χ0v) is 14.9. The van der Waals surface area contributed by atoms with E-state index in [0.717, 1.165) is 16.5 Å². The summed E-state index contributed by atoms with van der Waals surface area (Å²) >= 11 is 0. The molecule has 4 aromatic rings. The van der Waals surface area contributed by atoms with E-state index in [4.69, 9.17) is 0 Å². The van der Waals surface area contributed by atoms with Crippen LogP contribution in [0.2, 0.25) is 0 Å². The Labute approximate surface area is 155 Å². The third-order valence-corrected chi connectivity index (χ3v) is 4.58. The molecule has 0 saturated carbocycles. The SMILES string of the molecule is CCN(C(=O)Cn1cnc2ncccc2c1=O)c1cccc2ccccc12. The summed E-state index contributed by atoms with van der Waals surface area (Å²) in [7, 11) is 0. The van der Waals surface area contributed by atoms with Crippen molar-refractivity contribution in [2.45, 2.75) is 13.5 Å². The average Bonchev–Trinajstić information content (AvgIpc) is 2.71. The van der Waals surface area contributed by atoms with Gasteiger partial charge in [-0.25, -0.2) is 9.97 Å². The van der Waals surface area contributed by atoms with Gasteiger partial charge in [-0.1, -0.05) is 36.4 Å². The predicted molar refractivity (Wildman–Crippen MR) is 106 cm³/mol. The number of pyridine rings is 1. The second-order valence-corrected chi connectivity index (χ2v) is 6.19. The van der Waals surface area contributed by atoms with Gasteiger partial charge in [0.05, 0.1) is 11.1 Å². The lowest BCUT2D eigenvalue weighted by Crippen LogP contribution is -2.36. The molecular weight excluding hydrogens is 340 g/mol. The average molecular weight is 358 g/mol. The first-order valence-corrected chi connectivity index (χ1v) is 8.77. The van der Waals surface area contributed by atoms with E-state index in [-0.39, 0.29) is 18.0 Å². The van der Waals surface area contributed by atoms with Crippen molar-refractivity contribution >= 4 is 33.4 Å². The number of benzene rings is 2. The van der Waals surface area contributed by atoms with Gasteiger partial charge < -0.3 is 4.90 Å². The van der Waals surface area contributed by atoms with Crippen LogP contribution < -0.4 is 10.5 Å². The molecule has 2 aromatic heterocycles. The van der Waals surface area contributed by atoms with Crippen molar-refractivity contribution in [3.63, 3.8) is 0 Å². The van der Waals surface area contributed by atoms with E-state index in [0.29, 0.717) is 17.6 Å². The molecule has 27 heavy (non-hydrogen) atoms. The third-order valence-electron chi connectivity index (χ3n) is 4.58. The minimum atomic E-state index is -0.268. The van der Waals surface area contributed by atoms with Gasteiger partial charge in [-0.05, 0) is 30.5 Å². The van der Waals surface area contributed by atoms with Crippen LogP contribution in [0.25, 0.3) is 21.8 Å². The van der Waals surface area contributed by atoms with E-state index in [1.807, 2.05) is 49.4 Å². The fraction of sp³-hybridized carbons (Fsp3) is 0.143. The van der Waals surface area contributed by atoms with Gasteiger partial charge in [-0.3, -0.25) is 14.2 Å². The highest BCUT2D eigenvalue weighted by Crippen LogP contribution is 2.26. The van der Waals surface area contributed by atoms with E-state index < -0.39 is 0 Å². The van der Waals surface area contributed by atoms with Gasteiger partial charge in [-0.2, -0.15) is 0 Å². The summed E-state index contributed by atoms with van der Waals surface area (Å²) in [6, 6.07) is 17.2. The van der Waals surface area contributed by atoms with Crippen LogP contribution in [0.5, 0.6) is 0 Å². The van der Waals surface area contributed by atoms with Crippen LogP contribution in [0, 0.1) is 0 Å². The Morgan fingerprint density at radius 2 is 1.78 bits per heavy atom. The third kappa shape index (κ3) is 3.06. The predicted octanol–water partition coefficient (Wildman–Crippen LogP) is 3.00. The van der Waals surface area contributed by atoms with Gasteiger partial charge in [0.15, 0.2) is 5.65 Å². The number of rotatable bonds is 4. The van der Waals surface area contributed by atoms with E-state index in [2.05, 4.69) is 9.97 Å². The van der Waals surface area contributed by atoms with Crippen LogP contribution in [0.3, 0.4) is 0 Å². The Morgan fingerprint density at radius 3 is 2.63 bits per heavy atom. The standard InChI is InChI=1S/C21H18N4O2/c1-2-25(18-11-5-8-15-7-3-4-9-16(15)18)19(26)13-24-14-23-20-17(21(24)27)10-6-12-22-20/h3-12,14H,2,13H2,1H3. The van der Waals surface area contributed by atoms with Crippen molar-refractivity contribution in [2.75, 3.05) is 11.4 Å². The summed E-state index contributed by atoms with van der Waals surface area (Å²) < 4.78 is 1.33. The molecule has 0 aliphatic heterocycles. The molecule has 0 bridgehead atoms. The van der Waals surface area contributed by atoms with Crippen LogP contribution in [-0.4, -0.2) is 27.0 Å². The molecule has 134 valence electrons. The number of hydrogen-bond acceptors (Lipinski definition) is 4. The van der Waals surface area contributed by atoms with Crippen molar-refractivity contribution in [1.82, 2.24) is 14.5 Å². The number of likely N-dealkylation sites (N-methyl/N-ethyl adjacent to an activating group) is 1. The minimum Gasteiger partial charge on any atom is -0.311 e. The van der Waals surface area contributed by atoms with Crippen LogP contribution in [0.4, 0.5) is 5.69 Å². The molecule has 4 rings (SSSR count). The van der Waals surface area contributed by atoms with Gasteiger partial charge in [0.1, 0.15) is 12.9 Å². The molecule has 6 heteroatoms. The molecule has 0 atom stereocenters. The molecule has 0 N–H and O–H groups in total.